The summed E-state index contributed by atoms with van der Waals surface area (Å²) in [6, 6.07) is 7.53. The predicted molar refractivity (Wildman–Crippen MR) is 115 cm³/mol. The molecule has 0 saturated carbocycles. The molecule has 2 saturated heterocycles. The highest BCUT2D eigenvalue weighted by molar-refractivity contribution is 5.81. The number of nitrogens with one attached hydrogen (secondary N) is 1. The zero-order valence-corrected chi connectivity index (χ0v) is 18.9. The number of halogens is 3. The lowest BCUT2D eigenvalue weighted by Gasteiger charge is -2.35. The van der Waals surface area contributed by atoms with E-state index in [9.17, 15) is 22.8 Å². The van der Waals surface area contributed by atoms with E-state index in [0.717, 1.165) is 24.2 Å². The van der Waals surface area contributed by atoms with E-state index in [2.05, 4.69) is 15.4 Å². The lowest BCUT2D eigenvalue weighted by Crippen LogP contribution is -2.49. The molecule has 13 heteroatoms. The van der Waals surface area contributed by atoms with E-state index in [-0.39, 0.29) is 24.0 Å². The molecule has 2 aliphatic rings. The third-order valence-electron chi connectivity index (χ3n) is 5.67. The Bertz CT molecular complexity index is 1030. The minimum atomic E-state index is -5.08. The van der Waals surface area contributed by atoms with Gasteiger partial charge in [-0.3, -0.25) is 19.3 Å². The zero-order valence-electron chi connectivity index (χ0n) is 18.9. The molecule has 0 unspecified atom stereocenters. The van der Waals surface area contributed by atoms with Crippen molar-refractivity contribution in [3.05, 3.63) is 48.0 Å². The third-order valence-corrected chi connectivity index (χ3v) is 5.67. The van der Waals surface area contributed by atoms with Crippen LogP contribution >= 0.6 is 0 Å². The Kier molecular flexibility index (Phi) is 8.43. The van der Waals surface area contributed by atoms with Gasteiger partial charge in [0, 0.05) is 26.0 Å². The van der Waals surface area contributed by atoms with E-state index >= 15 is 0 Å². The van der Waals surface area contributed by atoms with Gasteiger partial charge in [-0.15, -0.1) is 0 Å². The fourth-order valence-corrected chi connectivity index (χ4v) is 4.04. The number of fused-ring (bicyclic) bond motifs is 1. The summed E-state index contributed by atoms with van der Waals surface area (Å²) in [7, 11) is 1.84. The summed E-state index contributed by atoms with van der Waals surface area (Å²) in [5.41, 5.74) is 1.59. The molecule has 10 nitrogen and oxygen atoms in total. The molecular weight excluding hydrogens is 471 g/mol. The normalized spacial score (nSPS) is 21.5. The van der Waals surface area contributed by atoms with Gasteiger partial charge in [-0.05, 0) is 37.5 Å². The monoisotopic (exact) mass is 497 g/mol. The van der Waals surface area contributed by atoms with E-state index in [1.165, 1.54) is 0 Å². The summed E-state index contributed by atoms with van der Waals surface area (Å²) in [4.78, 5) is 40.2. The first kappa shape index (κ1) is 26.1. The molecule has 0 spiro atoms. The number of likely N-dealkylation sites (tertiary alicyclic amines) is 1. The number of nitrogens with zero attached hydrogens (tertiary/aromatic N) is 4. The molecule has 2 aliphatic heterocycles. The Labute approximate surface area is 199 Å². The second-order valence-corrected chi connectivity index (χ2v) is 8.18. The SMILES string of the molecule is Cn1ccc(CC(=O)N2CC[C@H]3O[C@@H](C(=O)NCc4ccccn4)CC[C@H]32)n1.O=C(O)C(F)(F)F. The van der Waals surface area contributed by atoms with Crippen molar-refractivity contribution in [3.63, 3.8) is 0 Å². The summed E-state index contributed by atoms with van der Waals surface area (Å²) >= 11 is 0. The van der Waals surface area contributed by atoms with Gasteiger partial charge in [-0.25, -0.2) is 4.79 Å². The van der Waals surface area contributed by atoms with Crippen LogP contribution in [-0.4, -0.2) is 73.5 Å². The van der Waals surface area contributed by atoms with E-state index < -0.39 is 18.2 Å². The van der Waals surface area contributed by atoms with Gasteiger partial charge in [-0.2, -0.15) is 18.3 Å². The van der Waals surface area contributed by atoms with Gasteiger partial charge in [0.05, 0.1) is 36.5 Å². The highest BCUT2D eigenvalue weighted by atomic mass is 19.4. The molecule has 0 radical (unpaired) electrons. The van der Waals surface area contributed by atoms with Crippen LogP contribution in [0.1, 0.15) is 30.7 Å². The van der Waals surface area contributed by atoms with E-state index in [1.54, 1.807) is 10.9 Å². The van der Waals surface area contributed by atoms with Crippen LogP contribution in [0, 0.1) is 0 Å². The largest absolute Gasteiger partial charge is 0.490 e. The molecule has 4 heterocycles. The lowest BCUT2D eigenvalue weighted by atomic mass is 9.98. The number of rotatable bonds is 5. The molecule has 190 valence electrons. The molecule has 4 rings (SSSR count). The number of pyridine rings is 1. The van der Waals surface area contributed by atoms with Crippen LogP contribution in [-0.2, 0) is 39.1 Å². The molecule has 2 N–H and O–H groups in total. The summed E-state index contributed by atoms with van der Waals surface area (Å²) in [6.45, 7) is 1.06. The quantitative estimate of drug-likeness (QED) is 0.640. The first-order chi connectivity index (χ1) is 16.5. The molecule has 3 atom stereocenters. The summed E-state index contributed by atoms with van der Waals surface area (Å²) in [6.07, 6.45) is 0.387. The van der Waals surface area contributed by atoms with Crippen molar-refractivity contribution in [1.29, 1.82) is 0 Å². The number of alkyl halides is 3. The zero-order chi connectivity index (χ0) is 25.6. The average molecular weight is 497 g/mol. The van der Waals surface area contributed by atoms with Crippen molar-refractivity contribution in [1.82, 2.24) is 25.0 Å². The van der Waals surface area contributed by atoms with Gasteiger partial charge in [-0.1, -0.05) is 6.07 Å². The van der Waals surface area contributed by atoms with Crippen molar-refractivity contribution < 1.29 is 37.4 Å². The number of carbonyl (C=O) groups excluding carboxylic acids is 2. The minimum absolute atomic E-state index is 0.0519. The van der Waals surface area contributed by atoms with Crippen molar-refractivity contribution >= 4 is 17.8 Å². The fraction of sp³-hybridized carbons (Fsp3) is 0.500. The van der Waals surface area contributed by atoms with Crippen LogP contribution in [0.3, 0.4) is 0 Å². The third kappa shape index (κ3) is 7.25. The molecule has 2 amide bonds. The Morgan fingerprint density at radius 3 is 2.51 bits per heavy atom. The second-order valence-electron chi connectivity index (χ2n) is 8.18. The van der Waals surface area contributed by atoms with Crippen molar-refractivity contribution in [2.45, 2.75) is 56.7 Å². The minimum Gasteiger partial charge on any atom is -0.475 e. The van der Waals surface area contributed by atoms with Gasteiger partial charge < -0.3 is 20.1 Å². The standard InChI is InChI=1S/C20H25N5O3.C2HF3O2/c1-24-10-7-14(23-24)12-19(26)25-11-8-17-16(25)5-6-18(28-17)20(27)22-13-15-4-2-3-9-21-15;3-2(4,5)1(6)7/h2-4,7,9-10,16-18H,5-6,8,11-13H2,1H3,(H,22,27);(H,6,7)/t16-,17-,18-;/m1./s1. The predicted octanol–water partition coefficient (Wildman–Crippen LogP) is 1.46. The van der Waals surface area contributed by atoms with Crippen molar-refractivity contribution in [3.8, 4) is 0 Å². The van der Waals surface area contributed by atoms with Crippen LogP contribution in [0.2, 0.25) is 0 Å². The topological polar surface area (TPSA) is 127 Å². The Hall–Kier alpha value is -3.48. The number of aliphatic carboxylic acids is 1. The Morgan fingerprint density at radius 1 is 1.17 bits per heavy atom. The molecule has 0 aliphatic carbocycles. The number of amides is 2. The fourth-order valence-electron chi connectivity index (χ4n) is 4.04. The Morgan fingerprint density at radius 2 is 1.91 bits per heavy atom. The maximum absolute atomic E-state index is 12.7. The van der Waals surface area contributed by atoms with Gasteiger partial charge >= 0.3 is 12.1 Å². The number of ether oxygens (including phenoxy) is 1. The van der Waals surface area contributed by atoms with Gasteiger partial charge in [0.25, 0.3) is 0 Å². The smallest absolute Gasteiger partial charge is 0.475 e. The van der Waals surface area contributed by atoms with Crippen LogP contribution in [0.15, 0.2) is 36.7 Å². The number of carbonyl (C=O) groups is 3. The molecule has 2 aromatic rings. The number of hydrogen-bond acceptors (Lipinski definition) is 6. The molecule has 2 fully saturated rings. The maximum Gasteiger partial charge on any atom is 0.490 e. The number of carboxylic acids is 1. The van der Waals surface area contributed by atoms with E-state index in [1.807, 2.05) is 42.4 Å². The van der Waals surface area contributed by atoms with Crippen LogP contribution in [0.4, 0.5) is 13.2 Å². The maximum atomic E-state index is 12.7. The summed E-state index contributed by atoms with van der Waals surface area (Å²) in [5.74, 6) is -2.79. The molecular formula is C22H26F3N5O5. The number of aryl methyl sites for hydroxylation is 1. The highest BCUT2D eigenvalue weighted by Crippen LogP contribution is 2.32. The number of carboxylic acid groups (broad SMARTS) is 1. The average Bonchev–Trinajstić information content (AvgIpc) is 3.43. The summed E-state index contributed by atoms with van der Waals surface area (Å²) in [5, 5.41) is 14.3. The first-order valence-electron chi connectivity index (χ1n) is 11.0. The first-order valence-corrected chi connectivity index (χ1v) is 11.0. The van der Waals surface area contributed by atoms with Crippen molar-refractivity contribution in [2.24, 2.45) is 7.05 Å². The van der Waals surface area contributed by atoms with Crippen LogP contribution in [0.25, 0.3) is 0 Å². The van der Waals surface area contributed by atoms with Crippen LogP contribution < -0.4 is 5.32 Å². The van der Waals surface area contributed by atoms with Crippen molar-refractivity contribution in [2.75, 3.05) is 6.54 Å². The second kappa shape index (κ2) is 11.3. The van der Waals surface area contributed by atoms with Crippen LogP contribution in [0.5, 0.6) is 0 Å². The van der Waals surface area contributed by atoms with Gasteiger partial charge in [0.2, 0.25) is 11.8 Å². The number of hydrogen-bond donors (Lipinski definition) is 2. The number of aromatic nitrogens is 3. The Balaban J connectivity index is 0.000000429. The lowest BCUT2D eigenvalue weighted by molar-refractivity contribution is -0.192. The molecule has 35 heavy (non-hydrogen) atoms. The van der Waals surface area contributed by atoms with Gasteiger partial charge in [0.1, 0.15) is 6.10 Å². The highest BCUT2D eigenvalue weighted by Gasteiger charge is 2.43. The molecule has 2 aromatic heterocycles. The van der Waals surface area contributed by atoms with E-state index in [0.29, 0.717) is 25.9 Å². The summed E-state index contributed by atoms with van der Waals surface area (Å²) < 4.78 is 39.5. The van der Waals surface area contributed by atoms with E-state index in [4.69, 9.17) is 14.6 Å². The molecule has 0 bridgehead atoms. The molecule has 0 aromatic carbocycles. The van der Waals surface area contributed by atoms with Gasteiger partial charge in [0.15, 0.2) is 0 Å².